The summed E-state index contributed by atoms with van der Waals surface area (Å²) in [5.41, 5.74) is 5.93. The second kappa shape index (κ2) is 10.7. The van der Waals surface area contributed by atoms with Crippen molar-refractivity contribution in [1.82, 2.24) is 14.8 Å². The number of amidine groups is 1. The molecule has 0 spiro atoms. The van der Waals surface area contributed by atoms with Crippen molar-refractivity contribution in [3.8, 4) is 5.75 Å². The van der Waals surface area contributed by atoms with Crippen molar-refractivity contribution in [1.29, 1.82) is 0 Å². The number of nitrogens with two attached hydrogens (primary N) is 1. The molecular formula is C17H23N5O2S2. The Morgan fingerprint density at radius 1 is 1.46 bits per heavy atom. The molecule has 2 rings (SSSR count). The molecule has 0 bridgehead atoms. The number of nitrogens with zero attached hydrogens (tertiary/aromatic N) is 4. The molecule has 2 N–H and O–H groups in total. The average molecular weight is 394 g/mol. The smallest absolute Gasteiger partial charge is 0.279 e. The Balaban J connectivity index is 0.000000401. The number of carbonyl (C=O) groups excluding carboxylic acids is 1. The molecule has 0 saturated heterocycles. The maximum atomic E-state index is 11.9. The maximum absolute atomic E-state index is 11.9. The number of rotatable bonds is 4. The molecule has 9 heteroatoms. The minimum Gasteiger partial charge on any atom is -0.491 e. The number of aromatic nitrogens is 3. The predicted molar refractivity (Wildman–Crippen MR) is 109 cm³/mol. The lowest BCUT2D eigenvalue weighted by molar-refractivity contribution is 0.100. The van der Waals surface area contributed by atoms with Crippen molar-refractivity contribution < 1.29 is 9.53 Å². The van der Waals surface area contributed by atoms with Gasteiger partial charge in [0.2, 0.25) is 0 Å². The second-order valence-corrected chi connectivity index (χ2v) is 6.91. The molecule has 0 fully saturated rings. The van der Waals surface area contributed by atoms with E-state index < -0.39 is 5.91 Å². The largest absolute Gasteiger partial charge is 0.491 e. The lowest BCUT2D eigenvalue weighted by atomic mass is 10.2. The third-order valence-electron chi connectivity index (χ3n) is 2.86. The Labute approximate surface area is 163 Å². The molecule has 0 aliphatic rings. The first-order valence-corrected chi connectivity index (χ1v) is 9.03. The fraction of sp³-hybridized carbons (Fsp3) is 0.294. The molecule has 0 aliphatic carbocycles. The van der Waals surface area contributed by atoms with Crippen molar-refractivity contribution in [3.05, 3.63) is 47.9 Å². The number of aliphatic imine (C=N–C) groups is 1. The third kappa shape index (κ3) is 7.75. The predicted octanol–water partition coefficient (Wildman–Crippen LogP) is 3.22. The summed E-state index contributed by atoms with van der Waals surface area (Å²) in [5, 5.41) is 9.02. The van der Waals surface area contributed by atoms with E-state index in [1.807, 2.05) is 32.4 Å². The molecule has 0 unspecified atom stereocenters. The number of hydrogen-bond acceptors (Lipinski definition) is 6. The van der Waals surface area contributed by atoms with Crippen molar-refractivity contribution in [2.75, 3.05) is 0 Å². The zero-order valence-corrected chi connectivity index (χ0v) is 16.9. The fourth-order valence-electron chi connectivity index (χ4n) is 1.66. The van der Waals surface area contributed by atoms with E-state index in [1.54, 1.807) is 24.5 Å². The third-order valence-corrected chi connectivity index (χ3v) is 3.62. The van der Waals surface area contributed by atoms with Crippen molar-refractivity contribution in [3.63, 3.8) is 0 Å². The standard InChI is InChI=1S/C13H16N2O2S2.C4H7N3/c1-4-19-13(14)15-12(16)9-5-10(17-8(2)3)7-11(18)6-9;1-4-6-5-3-7(4)2/h4-8,18H,1H2,2-3H3,(H2,14,15,16);3H,1-2H3. The van der Waals surface area contributed by atoms with Crippen LogP contribution in [-0.2, 0) is 7.05 Å². The van der Waals surface area contributed by atoms with Gasteiger partial charge < -0.3 is 15.0 Å². The van der Waals surface area contributed by atoms with Crippen molar-refractivity contribution in [2.45, 2.75) is 31.8 Å². The first kappa shape index (κ1) is 21.8. The summed E-state index contributed by atoms with van der Waals surface area (Å²) < 4.78 is 7.40. The summed E-state index contributed by atoms with van der Waals surface area (Å²) in [7, 11) is 1.91. The Morgan fingerprint density at radius 2 is 2.15 bits per heavy atom. The van der Waals surface area contributed by atoms with Crippen LogP contribution in [0.1, 0.15) is 30.0 Å². The molecule has 140 valence electrons. The maximum Gasteiger partial charge on any atom is 0.279 e. The number of benzene rings is 1. The zero-order valence-electron chi connectivity index (χ0n) is 15.2. The molecular weight excluding hydrogens is 370 g/mol. The van der Waals surface area contributed by atoms with Crippen LogP contribution < -0.4 is 10.5 Å². The van der Waals surface area contributed by atoms with Crippen LogP contribution in [-0.4, -0.2) is 31.9 Å². The number of amides is 1. The molecule has 1 aromatic carbocycles. The summed E-state index contributed by atoms with van der Waals surface area (Å²) in [6.45, 7) is 9.22. The summed E-state index contributed by atoms with van der Waals surface area (Å²) >= 11 is 5.33. The summed E-state index contributed by atoms with van der Waals surface area (Å²) in [6, 6.07) is 4.98. The van der Waals surface area contributed by atoms with E-state index in [0.717, 1.165) is 17.6 Å². The van der Waals surface area contributed by atoms with Gasteiger partial charge in [0.15, 0.2) is 5.17 Å². The Hall–Kier alpha value is -2.26. The molecule has 0 radical (unpaired) electrons. The van der Waals surface area contributed by atoms with Gasteiger partial charge in [0, 0.05) is 17.5 Å². The summed E-state index contributed by atoms with van der Waals surface area (Å²) in [5.74, 6) is 1.09. The lowest BCUT2D eigenvalue weighted by Crippen LogP contribution is -2.10. The van der Waals surface area contributed by atoms with Gasteiger partial charge in [-0.2, -0.15) is 4.99 Å². The van der Waals surface area contributed by atoms with E-state index in [1.165, 1.54) is 5.41 Å². The van der Waals surface area contributed by atoms with Crippen LogP contribution in [0.3, 0.4) is 0 Å². The minimum atomic E-state index is -0.434. The molecule has 1 heterocycles. The Bertz CT molecular complexity index is 771. The van der Waals surface area contributed by atoms with Crippen molar-refractivity contribution >= 4 is 35.5 Å². The highest BCUT2D eigenvalue weighted by Crippen LogP contribution is 2.21. The Kier molecular flexibility index (Phi) is 8.94. The van der Waals surface area contributed by atoms with Crippen LogP contribution >= 0.6 is 24.4 Å². The number of thiol groups is 1. The van der Waals surface area contributed by atoms with Crippen LogP contribution in [0, 0.1) is 6.92 Å². The molecule has 26 heavy (non-hydrogen) atoms. The average Bonchev–Trinajstić information content (AvgIpc) is 2.90. The van der Waals surface area contributed by atoms with Crippen molar-refractivity contribution in [2.24, 2.45) is 17.8 Å². The van der Waals surface area contributed by atoms with E-state index in [4.69, 9.17) is 10.5 Å². The van der Waals surface area contributed by atoms with Gasteiger partial charge >= 0.3 is 0 Å². The zero-order chi connectivity index (χ0) is 19.7. The molecule has 7 nitrogen and oxygen atoms in total. The minimum absolute atomic E-state index is 0.0166. The fourth-order valence-corrected chi connectivity index (χ4v) is 2.24. The molecule has 2 aromatic rings. The lowest BCUT2D eigenvalue weighted by Gasteiger charge is -2.11. The first-order chi connectivity index (χ1) is 12.2. The molecule has 1 amide bonds. The van der Waals surface area contributed by atoms with E-state index in [9.17, 15) is 4.79 Å². The SMILES string of the molecule is C=CSC(N)=NC(=O)c1cc(S)cc(OC(C)C)c1.Cc1nncn1C. The first-order valence-electron chi connectivity index (χ1n) is 7.70. The van der Waals surface area contributed by atoms with Crippen LogP contribution in [0.5, 0.6) is 5.75 Å². The highest BCUT2D eigenvalue weighted by atomic mass is 32.2. The molecule has 1 aromatic heterocycles. The van der Waals surface area contributed by atoms with Gasteiger partial charge in [0.05, 0.1) is 6.10 Å². The van der Waals surface area contributed by atoms with Crippen LogP contribution in [0.2, 0.25) is 0 Å². The molecule has 0 atom stereocenters. The van der Waals surface area contributed by atoms with Crippen LogP contribution in [0.4, 0.5) is 0 Å². The van der Waals surface area contributed by atoms with Gasteiger partial charge in [-0.25, -0.2) is 0 Å². The second-order valence-electron chi connectivity index (χ2n) is 5.41. The number of thioether (sulfide) groups is 1. The van der Waals surface area contributed by atoms with E-state index >= 15 is 0 Å². The van der Waals surface area contributed by atoms with Crippen LogP contribution in [0.15, 0.2) is 46.4 Å². The van der Waals surface area contributed by atoms with Gasteiger partial charge in [-0.3, -0.25) is 4.79 Å². The van der Waals surface area contributed by atoms with E-state index in [0.29, 0.717) is 16.2 Å². The van der Waals surface area contributed by atoms with Gasteiger partial charge in [0.25, 0.3) is 5.91 Å². The number of carbonyl (C=O) groups is 1. The van der Waals surface area contributed by atoms with Gasteiger partial charge in [-0.1, -0.05) is 18.3 Å². The summed E-state index contributed by atoms with van der Waals surface area (Å²) in [4.78, 5) is 16.3. The normalized spacial score (nSPS) is 10.9. The number of ether oxygens (including phenoxy) is 1. The van der Waals surface area contributed by atoms with E-state index in [2.05, 4.69) is 34.4 Å². The van der Waals surface area contributed by atoms with E-state index in [-0.39, 0.29) is 11.3 Å². The molecule has 0 saturated carbocycles. The van der Waals surface area contributed by atoms with Crippen LogP contribution in [0.25, 0.3) is 0 Å². The molecule has 0 aliphatic heterocycles. The van der Waals surface area contributed by atoms with Gasteiger partial charge in [-0.15, -0.1) is 22.8 Å². The topological polar surface area (TPSA) is 95.4 Å². The number of hydrogen-bond donors (Lipinski definition) is 2. The summed E-state index contributed by atoms with van der Waals surface area (Å²) in [6.07, 6.45) is 1.69. The highest BCUT2D eigenvalue weighted by molar-refractivity contribution is 8.16. The monoisotopic (exact) mass is 393 g/mol. The highest BCUT2D eigenvalue weighted by Gasteiger charge is 2.09. The number of aryl methyl sites for hydroxylation is 2. The van der Waals surface area contributed by atoms with Gasteiger partial charge in [0.1, 0.15) is 17.9 Å². The quantitative estimate of drug-likeness (QED) is 0.470. The Morgan fingerprint density at radius 3 is 2.62 bits per heavy atom. The van der Waals surface area contributed by atoms with Gasteiger partial charge in [-0.05, 0) is 44.4 Å².